The molecule has 0 aliphatic heterocycles. The maximum atomic E-state index is 11.1. The number of carboxylic acids is 1. The second-order valence-electron chi connectivity index (χ2n) is 4.87. The number of aliphatic carboxylic acids is 1. The molecule has 0 aromatic carbocycles. The Morgan fingerprint density at radius 1 is 1.54 bits per heavy atom. The molecule has 0 saturated heterocycles. The van der Waals surface area contributed by atoms with E-state index in [-0.39, 0.29) is 11.3 Å². The highest BCUT2D eigenvalue weighted by Crippen LogP contribution is 2.45. The molecule has 0 aromatic rings. The van der Waals surface area contributed by atoms with Crippen LogP contribution in [0.25, 0.3) is 0 Å². The van der Waals surface area contributed by atoms with Crippen molar-refractivity contribution in [1.82, 2.24) is 0 Å². The molecule has 76 valence electrons. The molecule has 1 aliphatic rings. The minimum Gasteiger partial charge on any atom is -0.481 e. The average Bonchev–Trinajstić information content (AvgIpc) is 2.01. The summed E-state index contributed by atoms with van der Waals surface area (Å²) in [4.78, 5) is 11.1. The van der Waals surface area contributed by atoms with Crippen LogP contribution >= 0.6 is 0 Å². The number of rotatable bonds is 2. The van der Waals surface area contributed by atoms with E-state index in [1.165, 1.54) is 6.42 Å². The van der Waals surface area contributed by atoms with Crippen LogP contribution in [0, 0.1) is 17.3 Å². The first-order valence-corrected chi connectivity index (χ1v) is 5.22. The quantitative estimate of drug-likeness (QED) is 0.716. The Morgan fingerprint density at radius 2 is 2.15 bits per heavy atom. The maximum Gasteiger partial charge on any atom is 0.307 e. The van der Waals surface area contributed by atoms with Gasteiger partial charge in [0.1, 0.15) is 0 Å². The van der Waals surface area contributed by atoms with E-state index in [2.05, 4.69) is 20.8 Å². The van der Waals surface area contributed by atoms with Crippen molar-refractivity contribution in [3.8, 4) is 0 Å². The van der Waals surface area contributed by atoms with Crippen molar-refractivity contribution in [3.05, 3.63) is 0 Å². The van der Waals surface area contributed by atoms with Crippen LogP contribution in [-0.4, -0.2) is 11.1 Å². The topological polar surface area (TPSA) is 37.3 Å². The normalized spacial score (nSPS) is 32.8. The molecule has 2 heteroatoms. The zero-order chi connectivity index (χ0) is 10.1. The van der Waals surface area contributed by atoms with Crippen LogP contribution in [0.1, 0.15) is 46.5 Å². The van der Waals surface area contributed by atoms with Crippen molar-refractivity contribution in [3.63, 3.8) is 0 Å². The molecule has 2 unspecified atom stereocenters. The highest BCUT2D eigenvalue weighted by atomic mass is 16.4. The number of carboxylic acid groups (broad SMARTS) is 1. The zero-order valence-corrected chi connectivity index (χ0v) is 8.84. The molecule has 1 aliphatic carbocycles. The molecule has 1 fully saturated rings. The van der Waals surface area contributed by atoms with E-state index < -0.39 is 5.97 Å². The van der Waals surface area contributed by atoms with Crippen LogP contribution in [0.4, 0.5) is 0 Å². The third kappa shape index (κ3) is 2.04. The lowest BCUT2D eigenvalue weighted by atomic mass is 9.63. The first kappa shape index (κ1) is 10.6. The summed E-state index contributed by atoms with van der Waals surface area (Å²) >= 11 is 0. The average molecular weight is 184 g/mol. The van der Waals surface area contributed by atoms with E-state index in [1.807, 2.05) is 0 Å². The standard InChI is InChI=1S/C11H20O2/c1-4-8-6-5-7-11(2,3)9(8)10(12)13/h8-9H,4-7H2,1-3H3,(H,12,13). The van der Waals surface area contributed by atoms with Crippen LogP contribution < -0.4 is 0 Å². The molecule has 2 nitrogen and oxygen atoms in total. The molecular weight excluding hydrogens is 164 g/mol. The molecule has 1 N–H and O–H groups in total. The Bertz CT molecular complexity index is 196. The predicted molar refractivity (Wildman–Crippen MR) is 52.5 cm³/mol. The van der Waals surface area contributed by atoms with Gasteiger partial charge in [0.25, 0.3) is 0 Å². The second-order valence-corrected chi connectivity index (χ2v) is 4.87. The smallest absolute Gasteiger partial charge is 0.307 e. The van der Waals surface area contributed by atoms with Gasteiger partial charge in [-0.1, -0.05) is 33.6 Å². The molecule has 0 heterocycles. The van der Waals surface area contributed by atoms with Gasteiger partial charge >= 0.3 is 5.97 Å². The van der Waals surface area contributed by atoms with E-state index >= 15 is 0 Å². The van der Waals surface area contributed by atoms with Gasteiger partial charge in [-0.2, -0.15) is 0 Å². The third-order valence-electron chi connectivity index (χ3n) is 3.50. The molecule has 1 rings (SSSR count). The Kier molecular flexibility index (Phi) is 2.99. The van der Waals surface area contributed by atoms with E-state index in [0.29, 0.717) is 5.92 Å². The molecular formula is C11H20O2. The molecule has 0 amide bonds. The molecule has 13 heavy (non-hydrogen) atoms. The SMILES string of the molecule is CCC1CCCC(C)(C)C1C(=O)O. The van der Waals surface area contributed by atoms with Crippen LogP contribution in [-0.2, 0) is 4.79 Å². The van der Waals surface area contributed by atoms with Crippen molar-refractivity contribution >= 4 is 5.97 Å². The van der Waals surface area contributed by atoms with Crippen molar-refractivity contribution in [2.75, 3.05) is 0 Å². The summed E-state index contributed by atoms with van der Waals surface area (Å²) in [6, 6.07) is 0. The summed E-state index contributed by atoms with van der Waals surface area (Å²) in [5.41, 5.74) is -0.00917. The highest BCUT2D eigenvalue weighted by Gasteiger charge is 2.42. The largest absolute Gasteiger partial charge is 0.481 e. The monoisotopic (exact) mass is 184 g/mol. The van der Waals surface area contributed by atoms with Gasteiger partial charge in [-0.05, 0) is 24.2 Å². The fourth-order valence-electron chi connectivity index (χ4n) is 2.76. The van der Waals surface area contributed by atoms with Crippen LogP contribution in [0.5, 0.6) is 0 Å². The Labute approximate surface area is 80.3 Å². The first-order chi connectivity index (χ1) is 5.99. The summed E-state index contributed by atoms with van der Waals surface area (Å²) in [6.45, 7) is 6.28. The first-order valence-electron chi connectivity index (χ1n) is 5.22. The zero-order valence-electron chi connectivity index (χ0n) is 8.84. The fraction of sp³-hybridized carbons (Fsp3) is 0.909. The fourth-order valence-corrected chi connectivity index (χ4v) is 2.76. The summed E-state index contributed by atoms with van der Waals surface area (Å²) in [5, 5.41) is 9.18. The summed E-state index contributed by atoms with van der Waals surface area (Å²) in [6.07, 6.45) is 4.34. The Morgan fingerprint density at radius 3 is 2.54 bits per heavy atom. The molecule has 0 radical (unpaired) electrons. The van der Waals surface area contributed by atoms with Crippen molar-refractivity contribution in [1.29, 1.82) is 0 Å². The second kappa shape index (κ2) is 3.69. The van der Waals surface area contributed by atoms with Crippen LogP contribution in [0.3, 0.4) is 0 Å². The van der Waals surface area contributed by atoms with Gasteiger partial charge in [0, 0.05) is 0 Å². The molecule has 0 spiro atoms. The van der Waals surface area contributed by atoms with Gasteiger partial charge in [-0.3, -0.25) is 4.79 Å². The number of hydrogen-bond acceptors (Lipinski definition) is 1. The minimum atomic E-state index is -0.600. The van der Waals surface area contributed by atoms with Gasteiger partial charge in [0.2, 0.25) is 0 Å². The van der Waals surface area contributed by atoms with Gasteiger partial charge in [-0.15, -0.1) is 0 Å². The maximum absolute atomic E-state index is 11.1. The molecule has 2 atom stereocenters. The lowest BCUT2D eigenvalue weighted by molar-refractivity contribution is -0.151. The molecule has 0 bridgehead atoms. The summed E-state index contributed by atoms with van der Waals surface area (Å²) in [7, 11) is 0. The van der Waals surface area contributed by atoms with E-state index in [0.717, 1.165) is 19.3 Å². The predicted octanol–water partition coefficient (Wildman–Crippen LogP) is 2.92. The van der Waals surface area contributed by atoms with E-state index in [4.69, 9.17) is 0 Å². The summed E-state index contributed by atoms with van der Waals surface area (Å²) in [5.74, 6) is -0.343. The van der Waals surface area contributed by atoms with Crippen LogP contribution in [0.2, 0.25) is 0 Å². The van der Waals surface area contributed by atoms with Gasteiger partial charge in [0.15, 0.2) is 0 Å². The Hall–Kier alpha value is -0.530. The highest BCUT2D eigenvalue weighted by molar-refractivity contribution is 5.71. The summed E-state index contributed by atoms with van der Waals surface area (Å²) < 4.78 is 0. The van der Waals surface area contributed by atoms with Gasteiger partial charge in [-0.25, -0.2) is 0 Å². The van der Waals surface area contributed by atoms with Crippen molar-refractivity contribution < 1.29 is 9.90 Å². The lowest BCUT2D eigenvalue weighted by Crippen LogP contribution is -2.40. The Balaban J connectivity index is 2.83. The van der Waals surface area contributed by atoms with Gasteiger partial charge in [0.05, 0.1) is 5.92 Å². The number of carbonyl (C=O) groups is 1. The number of hydrogen-bond donors (Lipinski definition) is 1. The lowest BCUT2D eigenvalue weighted by Gasteiger charge is -2.41. The van der Waals surface area contributed by atoms with E-state index in [9.17, 15) is 9.90 Å². The van der Waals surface area contributed by atoms with Crippen molar-refractivity contribution in [2.24, 2.45) is 17.3 Å². The minimum absolute atomic E-state index is 0.00917. The van der Waals surface area contributed by atoms with E-state index in [1.54, 1.807) is 0 Å². The molecule has 0 aromatic heterocycles. The van der Waals surface area contributed by atoms with Crippen LogP contribution in [0.15, 0.2) is 0 Å². The third-order valence-corrected chi connectivity index (χ3v) is 3.50. The van der Waals surface area contributed by atoms with Crippen molar-refractivity contribution in [2.45, 2.75) is 46.5 Å². The van der Waals surface area contributed by atoms with Gasteiger partial charge < -0.3 is 5.11 Å². The molecule has 1 saturated carbocycles.